The van der Waals surface area contributed by atoms with Gasteiger partial charge in [-0.3, -0.25) is 19.2 Å². The molecule has 0 aliphatic carbocycles. The number of amides is 4. The van der Waals surface area contributed by atoms with E-state index in [0.717, 1.165) is 18.2 Å². The van der Waals surface area contributed by atoms with Crippen molar-refractivity contribution in [3.05, 3.63) is 71.5 Å². The van der Waals surface area contributed by atoms with E-state index >= 15 is 8.78 Å². The predicted octanol–water partition coefficient (Wildman–Crippen LogP) is 3.66. The molecular weight excluding hydrogens is 581 g/mol. The first kappa shape index (κ1) is 34.1. The van der Waals surface area contributed by atoms with Crippen molar-refractivity contribution in [2.24, 2.45) is 5.92 Å². The van der Waals surface area contributed by atoms with Crippen LogP contribution >= 0.6 is 0 Å². The Balaban J connectivity index is 1.83. The second kappa shape index (κ2) is 15.9. The largest absolute Gasteiger partial charge is 0.434 e. The SMILES string of the molecule is CCCC[C@H](NC(=O)OC(c1ccccc1)C(F)(F)c1cccc(F)c1)C(=O)N[C@@H](C[C@H]1CCNC1=O)C(=O)C(=O)NCC. The normalized spacial score (nSPS) is 16.7. The van der Waals surface area contributed by atoms with Crippen LogP contribution in [0.5, 0.6) is 0 Å². The summed E-state index contributed by atoms with van der Waals surface area (Å²) in [5.41, 5.74) is -0.795. The van der Waals surface area contributed by atoms with Gasteiger partial charge in [-0.25, -0.2) is 9.18 Å². The Hall–Kier alpha value is -4.42. The highest BCUT2D eigenvalue weighted by Crippen LogP contribution is 2.43. The smallest absolute Gasteiger partial charge is 0.408 e. The van der Waals surface area contributed by atoms with Crippen molar-refractivity contribution in [2.75, 3.05) is 13.1 Å². The third-order valence-corrected chi connectivity index (χ3v) is 7.20. The van der Waals surface area contributed by atoms with E-state index in [2.05, 4.69) is 21.3 Å². The van der Waals surface area contributed by atoms with E-state index in [1.54, 1.807) is 13.0 Å². The van der Waals surface area contributed by atoms with Crippen LogP contribution in [0.15, 0.2) is 54.6 Å². The van der Waals surface area contributed by atoms with E-state index in [4.69, 9.17) is 4.74 Å². The van der Waals surface area contributed by atoms with Crippen LogP contribution in [-0.4, -0.2) is 54.8 Å². The quantitative estimate of drug-likeness (QED) is 0.225. The molecular formula is C31H37F3N4O6. The number of nitrogens with one attached hydrogen (secondary N) is 4. The minimum Gasteiger partial charge on any atom is -0.434 e. The molecule has 44 heavy (non-hydrogen) atoms. The highest BCUT2D eigenvalue weighted by Gasteiger charge is 2.46. The molecule has 238 valence electrons. The van der Waals surface area contributed by atoms with E-state index in [9.17, 15) is 28.4 Å². The fraction of sp³-hybridized carbons (Fsp3) is 0.452. The molecule has 1 unspecified atom stereocenters. The zero-order valence-corrected chi connectivity index (χ0v) is 24.5. The summed E-state index contributed by atoms with van der Waals surface area (Å²) in [5, 5.41) is 9.80. The number of alkyl carbamates (subject to hydrolysis) is 1. The number of ketones is 1. The Labute approximate surface area is 253 Å². The average molecular weight is 619 g/mol. The fourth-order valence-corrected chi connectivity index (χ4v) is 4.85. The van der Waals surface area contributed by atoms with Crippen LogP contribution in [0.25, 0.3) is 0 Å². The molecule has 1 fully saturated rings. The van der Waals surface area contributed by atoms with E-state index in [-0.39, 0.29) is 30.9 Å². The molecule has 2 aromatic carbocycles. The lowest BCUT2D eigenvalue weighted by Crippen LogP contribution is -2.54. The van der Waals surface area contributed by atoms with Gasteiger partial charge >= 0.3 is 12.0 Å². The molecule has 1 aliphatic heterocycles. The summed E-state index contributed by atoms with van der Waals surface area (Å²) in [6, 6.07) is 8.23. The number of benzene rings is 2. The van der Waals surface area contributed by atoms with Crippen LogP contribution in [0.3, 0.4) is 0 Å². The van der Waals surface area contributed by atoms with Gasteiger partial charge in [0, 0.05) is 24.6 Å². The number of hydrogen-bond donors (Lipinski definition) is 4. The maximum absolute atomic E-state index is 15.7. The third kappa shape index (κ3) is 9.04. The first-order valence-electron chi connectivity index (χ1n) is 14.5. The summed E-state index contributed by atoms with van der Waals surface area (Å²) >= 11 is 0. The van der Waals surface area contributed by atoms with Crippen LogP contribution in [0.1, 0.15) is 63.2 Å². The molecule has 10 nitrogen and oxygen atoms in total. The average Bonchev–Trinajstić information content (AvgIpc) is 3.41. The van der Waals surface area contributed by atoms with Crippen molar-refractivity contribution >= 4 is 29.6 Å². The molecule has 2 aromatic rings. The molecule has 0 radical (unpaired) electrons. The summed E-state index contributed by atoms with van der Waals surface area (Å²) in [6.07, 6.45) is -2.19. The van der Waals surface area contributed by atoms with Crippen LogP contribution < -0.4 is 21.3 Å². The van der Waals surface area contributed by atoms with Gasteiger partial charge < -0.3 is 26.0 Å². The predicted molar refractivity (Wildman–Crippen MR) is 154 cm³/mol. The molecule has 3 rings (SSSR count). The maximum atomic E-state index is 15.7. The number of carbonyl (C=O) groups excluding carboxylic acids is 5. The number of hydrogen-bond acceptors (Lipinski definition) is 6. The molecule has 0 spiro atoms. The second-order valence-corrected chi connectivity index (χ2v) is 10.5. The maximum Gasteiger partial charge on any atom is 0.408 e. The number of ether oxygens (including phenoxy) is 1. The van der Waals surface area contributed by atoms with Gasteiger partial charge in [0.25, 0.3) is 5.91 Å². The zero-order valence-electron chi connectivity index (χ0n) is 24.5. The van der Waals surface area contributed by atoms with E-state index in [1.807, 2.05) is 6.92 Å². The fourth-order valence-electron chi connectivity index (χ4n) is 4.85. The van der Waals surface area contributed by atoms with E-state index in [1.165, 1.54) is 24.3 Å². The number of carbonyl (C=O) groups is 5. The molecule has 4 atom stereocenters. The number of likely N-dealkylation sites (N-methyl/N-ethyl adjacent to an activating group) is 1. The van der Waals surface area contributed by atoms with Crippen molar-refractivity contribution in [2.45, 2.75) is 70.1 Å². The molecule has 0 bridgehead atoms. The van der Waals surface area contributed by atoms with Crippen LogP contribution in [0.2, 0.25) is 0 Å². The van der Waals surface area contributed by atoms with Crippen molar-refractivity contribution in [1.82, 2.24) is 21.3 Å². The van der Waals surface area contributed by atoms with Gasteiger partial charge in [-0.15, -0.1) is 0 Å². The Bertz CT molecular complexity index is 1330. The first-order chi connectivity index (χ1) is 21.0. The molecule has 0 aromatic heterocycles. The molecule has 1 heterocycles. The lowest BCUT2D eigenvalue weighted by molar-refractivity contribution is -0.141. The Morgan fingerprint density at radius 3 is 2.36 bits per heavy atom. The van der Waals surface area contributed by atoms with E-state index in [0.29, 0.717) is 31.9 Å². The van der Waals surface area contributed by atoms with E-state index < -0.39 is 65.1 Å². The van der Waals surface area contributed by atoms with Gasteiger partial charge in [0.1, 0.15) is 11.9 Å². The Morgan fingerprint density at radius 2 is 1.75 bits per heavy atom. The number of halogens is 3. The summed E-state index contributed by atoms with van der Waals surface area (Å²) in [4.78, 5) is 63.9. The number of Topliss-reactive ketones (excluding diaryl/α,β-unsaturated/α-hetero) is 1. The Morgan fingerprint density at radius 1 is 1.02 bits per heavy atom. The number of rotatable bonds is 15. The third-order valence-electron chi connectivity index (χ3n) is 7.20. The van der Waals surface area contributed by atoms with Gasteiger partial charge in [0.05, 0.1) is 6.04 Å². The van der Waals surface area contributed by atoms with Crippen molar-refractivity contribution in [3.63, 3.8) is 0 Å². The highest BCUT2D eigenvalue weighted by molar-refractivity contribution is 6.38. The minimum atomic E-state index is -3.87. The summed E-state index contributed by atoms with van der Waals surface area (Å²) < 4.78 is 50.5. The molecule has 13 heteroatoms. The van der Waals surface area contributed by atoms with Crippen molar-refractivity contribution in [1.29, 1.82) is 0 Å². The molecule has 1 aliphatic rings. The molecule has 4 amide bonds. The van der Waals surface area contributed by atoms with Gasteiger partial charge in [-0.1, -0.05) is 62.2 Å². The topological polar surface area (TPSA) is 143 Å². The summed E-state index contributed by atoms with van der Waals surface area (Å²) in [7, 11) is 0. The standard InChI is InChI=1S/C31H37F3N4O6/c1-3-5-14-23(28(41)37-24(25(39)29(42)35-4-2)17-20-15-16-36-27(20)40)38-30(43)44-26(19-10-7-6-8-11-19)31(33,34)21-12-9-13-22(32)18-21/h6-13,18,20,23-24,26H,3-5,14-17H2,1-2H3,(H,35,42)(H,36,40)(H,37,41)(H,38,43)/t20-,23+,24+,26?/m1/s1. The molecule has 4 N–H and O–H groups in total. The number of unbranched alkanes of at least 4 members (excludes halogenated alkanes) is 1. The minimum absolute atomic E-state index is 0.0553. The van der Waals surface area contributed by atoms with Crippen LogP contribution in [-0.2, 0) is 29.8 Å². The Kier molecular flexibility index (Phi) is 12.3. The second-order valence-electron chi connectivity index (χ2n) is 10.5. The van der Waals surface area contributed by atoms with Gasteiger partial charge in [0.15, 0.2) is 6.10 Å². The monoisotopic (exact) mass is 618 g/mol. The highest BCUT2D eigenvalue weighted by atomic mass is 19.3. The summed E-state index contributed by atoms with van der Waals surface area (Å²) in [6.45, 7) is 3.98. The summed E-state index contributed by atoms with van der Waals surface area (Å²) in [5.74, 6) is -8.47. The van der Waals surface area contributed by atoms with Crippen LogP contribution in [0.4, 0.5) is 18.0 Å². The van der Waals surface area contributed by atoms with Crippen LogP contribution in [0, 0.1) is 11.7 Å². The first-order valence-corrected chi connectivity index (χ1v) is 14.5. The van der Waals surface area contributed by atoms with Gasteiger partial charge in [0.2, 0.25) is 17.6 Å². The number of alkyl halides is 2. The van der Waals surface area contributed by atoms with Crippen molar-refractivity contribution < 1.29 is 41.9 Å². The van der Waals surface area contributed by atoms with Gasteiger partial charge in [-0.05, 0) is 43.9 Å². The molecule has 0 saturated carbocycles. The lowest BCUT2D eigenvalue weighted by Gasteiger charge is -2.29. The zero-order chi connectivity index (χ0) is 32.3. The lowest BCUT2D eigenvalue weighted by atomic mass is 9.95. The molecule has 1 saturated heterocycles. The van der Waals surface area contributed by atoms with Crippen molar-refractivity contribution in [3.8, 4) is 0 Å². The van der Waals surface area contributed by atoms with Gasteiger partial charge in [-0.2, -0.15) is 8.78 Å².